The van der Waals surface area contributed by atoms with E-state index >= 15 is 0 Å². The molecule has 0 unspecified atom stereocenters. The van der Waals surface area contributed by atoms with Crippen LogP contribution in [0.25, 0.3) is 0 Å². The molecule has 2 rings (SSSR count). The van der Waals surface area contributed by atoms with Gasteiger partial charge in [-0.3, -0.25) is 4.79 Å². The number of allylic oxidation sites excluding steroid dienone is 1. The molecule has 2 aliphatic rings. The minimum Gasteiger partial charge on any atom is -0.339 e. The summed E-state index contributed by atoms with van der Waals surface area (Å²) < 4.78 is 37.1. The number of hydrogen-bond donors (Lipinski definition) is 0. The Bertz CT molecular complexity index is 372. The first-order valence-electron chi connectivity index (χ1n) is 7.50. The first kappa shape index (κ1) is 15.4. The summed E-state index contributed by atoms with van der Waals surface area (Å²) in [5, 5.41) is 0. The van der Waals surface area contributed by atoms with Crippen LogP contribution in [0.2, 0.25) is 0 Å². The van der Waals surface area contributed by atoms with E-state index in [1.807, 2.05) is 0 Å². The standard InChI is InChI=1S/C15H22F3NO/c16-15(17,18)9-10-19(13-7-4-8-13)14(20)11-12-5-2-1-3-6-12/h5,13H,1-4,6-11H2. The molecule has 0 N–H and O–H groups in total. The SMILES string of the molecule is O=C(CC1=CCCCC1)N(CCC(F)(F)F)C1CCC1. The molecule has 114 valence electrons. The predicted octanol–water partition coefficient (Wildman–Crippen LogP) is 4.21. The van der Waals surface area contributed by atoms with Gasteiger partial charge < -0.3 is 4.90 Å². The topological polar surface area (TPSA) is 20.3 Å². The van der Waals surface area contributed by atoms with Crippen molar-refractivity contribution in [2.24, 2.45) is 0 Å². The summed E-state index contributed by atoms with van der Waals surface area (Å²) >= 11 is 0. The predicted molar refractivity (Wildman–Crippen MR) is 71.2 cm³/mol. The quantitative estimate of drug-likeness (QED) is 0.694. The molecule has 2 nitrogen and oxygen atoms in total. The molecule has 0 aliphatic heterocycles. The average molecular weight is 289 g/mol. The van der Waals surface area contributed by atoms with Gasteiger partial charge in [-0.1, -0.05) is 11.6 Å². The average Bonchev–Trinajstić information content (AvgIpc) is 2.32. The van der Waals surface area contributed by atoms with Crippen LogP contribution >= 0.6 is 0 Å². The maximum atomic E-state index is 12.4. The second-order valence-electron chi connectivity index (χ2n) is 5.82. The van der Waals surface area contributed by atoms with Gasteiger partial charge in [0, 0.05) is 19.0 Å². The molecule has 0 bridgehead atoms. The molecule has 5 heteroatoms. The van der Waals surface area contributed by atoms with E-state index < -0.39 is 12.6 Å². The first-order valence-corrected chi connectivity index (χ1v) is 7.50. The molecule has 0 aromatic heterocycles. The van der Waals surface area contributed by atoms with Crippen LogP contribution in [0.15, 0.2) is 11.6 Å². The number of alkyl halides is 3. The molecule has 1 amide bonds. The lowest BCUT2D eigenvalue weighted by Crippen LogP contribution is -2.45. The van der Waals surface area contributed by atoms with Gasteiger partial charge in [0.25, 0.3) is 0 Å². The van der Waals surface area contributed by atoms with Crippen LogP contribution in [-0.2, 0) is 4.79 Å². The van der Waals surface area contributed by atoms with E-state index in [1.165, 1.54) is 4.90 Å². The normalized spacial score (nSPS) is 20.2. The fraction of sp³-hybridized carbons (Fsp3) is 0.800. The van der Waals surface area contributed by atoms with E-state index in [-0.39, 0.29) is 18.5 Å². The van der Waals surface area contributed by atoms with Gasteiger partial charge in [0.15, 0.2) is 0 Å². The highest BCUT2D eigenvalue weighted by Gasteiger charge is 2.33. The summed E-state index contributed by atoms with van der Waals surface area (Å²) in [5.41, 5.74) is 1.11. The van der Waals surface area contributed by atoms with Gasteiger partial charge in [0.05, 0.1) is 6.42 Å². The number of halogens is 3. The Labute approximate surface area is 118 Å². The third-order valence-electron chi connectivity index (χ3n) is 4.24. The lowest BCUT2D eigenvalue weighted by Gasteiger charge is -2.38. The van der Waals surface area contributed by atoms with Gasteiger partial charge in [-0.25, -0.2) is 0 Å². The van der Waals surface area contributed by atoms with Crippen molar-refractivity contribution in [1.82, 2.24) is 4.90 Å². The summed E-state index contributed by atoms with van der Waals surface area (Å²) in [5.74, 6) is -0.118. The van der Waals surface area contributed by atoms with Crippen LogP contribution in [0, 0.1) is 0 Å². The van der Waals surface area contributed by atoms with Crippen LogP contribution in [0.3, 0.4) is 0 Å². The highest BCUT2D eigenvalue weighted by Crippen LogP contribution is 2.29. The van der Waals surface area contributed by atoms with E-state index in [0.29, 0.717) is 6.42 Å². The Morgan fingerprint density at radius 3 is 2.50 bits per heavy atom. The second kappa shape index (κ2) is 6.64. The van der Waals surface area contributed by atoms with Gasteiger partial charge in [0.2, 0.25) is 5.91 Å². The van der Waals surface area contributed by atoms with Crippen molar-refractivity contribution >= 4 is 5.91 Å². The fourth-order valence-electron chi connectivity index (χ4n) is 2.82. The lowest BCUT2D eigenvalue weighted by molar-refractivity contribution is -0.149. The molecule has 1 fully saturated rings. The van der Waals surface area contributed by atoms with Crippen LogP contribution < -0.4 is 0 Å². The number of amides is 1. The maximum absolute atomic E-state index is 12.4. The molecule has 0 radical (unpaired) electrons. The second-order valence-corrected chi connectivity index (χ2v) is 5.82. The summed E-state index contributed by atoms with van der Waals surface area (Å²) in [7, 11) is 0. The van der Waals surface area contributed by atoms with Crippen molar-refractivity contribution in [1.29, 1.82) is 0 Å². The molecule has 1 saturated carbocycles. The zero-order valence-electron chi connectivity index (χ0n) is 11.7. The lowest BCUT2D eigenvalue weighted by atomic mass is 9.90. The van der Waals surface area contributed by atoms with Crippen LogP contribution in [-0.4, -0.2) is 29.6 Å². The molecule has 0 heterocycles. The van der Waals surface area contributed by atoms with Gasteiger partial charge in [-0.05, 0) is 44.9 Å². The molecular formula is C15H22F3NO. The molecule has 0 aromatic rings. The van der Waals surface area contributed by atoms with Crippen molar-refractivity contribution < 1.29 is 18.0 Å². The Morgan fingerprint density at radius 1 is 1.25 bits per heavy atom. The largest absolute Gasteiger partial charge is 0.390 e. The molecule has 0 saturated heterocycles. The van der Waals surface area contributed by atoms with Crippen LogP contribution in [0.4, 0.5) is 13.2 Å². The van der Waals surface area contributed by atoms with Crippen molar-refractivity contribution in [3.8, 4) is 0 Å². The minimum absolute atomic E-state index is 0.0361. The summed E-state index contributed by atoms with van der Waals surface area (Å²) in [6.45, 7) is -0.180. The van der Waals surface area contributed by atoms with E-state index in [2.05, 4.69) is 6.08 Å². The number of carbonyl (C=O) groups is 1. The van der Waals surface area contributed by atoms with Crippen molar-refractivity contribution in [2.45, 2.75) is 70.0 Å². The maximum Gasteiger partial charge on any atom is 0.390 e. The zero-order valence-corrected chi connectivity index (χ0v) is 11.7. The Balaban J connectivity index is 1.91. The number of carbonyl (C=O) groups excluding carboxylic acids is 1. The molecular weight excluding hydrogens is 267 g/mol. The number of nitrogens with zero attached hydrogens (tertiary/aromatic N) is 1. The summed E-state index contributed by atoms with van der Waals surface area (Å²) in [4.78, 5) is 13.8. The van der Waals surface area contributed by atoms with Crippen LogP contribution in [0.1, 0.15) is 57.8 Å². The summed E-state index contributed by atoms with van der Waals surface area (Å²) in [6.07, 6.45) is 4.19. The van der Waals surface area contributed by atoms with Gasteiger partial charge in [-0.2, -0.15) is 13.2 Å². The molecule has 0 aromatic carbocycles. The summed E-state index contributed by atoms with van der Waals surface area (Å²) in [6, 6.07) is 0.0361. The monoisotopic (exact) mass is 289 g/mol. The third kappa shape index (κ3) is 4.53. The highest BCUT2D eigenvalue weighted by molar-refractivity contribution is 5.79. The highest BCUT2D eigenvalue weighted by atomic mass is 19.4. The minimum atomic E-state index is -4.19. The number of rotatable bonds is 5. The van der Waals surface area contributed by atoms with Gasteiger partial charge >= 0.3 is 6.18 Å². The Morgan fingerprint density at radius 2 is 2.00 bits per heavy atom. The van der Waals surface area contributed by atoms with Crippen molar-refractivity contribution in [3.05, 3.63) is 11.6 Å². The van der Waals surface area contributed by atoms with E-state index in [4.69, 9.17) is 0 Å². The van der Waals surface area contributed by atoms with Crippen LogP contribution in [0.5, 0.6) is 0 Å². The molecule has 20 heavy (non-hydrogen) atoms. The molecule has 0 spiro atoms. The van der Waals surface area contributed by atoms with Crippen molar-refractivity contribution in [2.75, 3.05) is 6.54 Å². The Hall–Kier alpha value is -1.00. The first-order chi connectivity index (χ1) is 9.46. The fourth-order valence-corrected chi connectivity index (χ4v) is 2.82. The van der Waals surface area contributed by atoms with E-state index in [9.17, 15) is 18.0 Å². The Kier molecular flexibility index (Phi) is 5.11. The van der Waals surface area contributed by atoms with Gasteiger partial charge in [0.1, 0.15) is 0 Å². The number of hydrogen-bond acceptors (Lipinski definition) is 1. The third-order valence-corrected chi connectivity index (χ3v) is 4.24. The van der Waals surface area contributed by atoms with E-state index in [0.717, 1.165) is 50.5 Å². The van der Waals surface area contributed by atoms with E-state index in [1.54, 1.807) is 0 Å². The van der Waals surface area contributed by atoms with Crippen molar-refractivity contribution in [3.63, 3.8) is 0 Å². The smallest absolute Gasteiger partial charge is 0.339 e. The molecule has 2 aliphatic carbocycles. The molecule has 0 atom stereocenters. The zero-order chi connectivity index (χ0) is 14.6. The van der Waals surface area contributed by atoms with Gasteiger partial charge in [-0.15, -0.1) is 0 Å².